The van der Waals surface area contributed by atoms with Gasteiger partial charge in [0.15, 0.2) is 0 Å². The van der Waals surface area contributed by atoms with E-state index in [9.17, 15) is 17.8 Å². The van der Waals surface area contributed by atoms with E-state index in [4.69, 9.17) is 10.5 Å². The molecule has 3 rings (SSSR count). The van der Waals surface area contributed by atoms with Crippen LogP contribution in [0.4, 0.5) is 19.4 Å². The summed E-state index contributed by atoms with van der Waals surface area (Å²) in [7, 11) is -3.13. The number of alkyl carbamates (subject to hydrolysis) is 1. The van der Waals surface area contributed by atoms with Gasteiger partial charge in [-0.2, -0.15) is 0 Å². The summed E-state index contributed by atoms with van der Waals surface area (Å²) < 4.78 is 51.6. The van der Waals surface area contributed by atoms with E-state index < -0.39 is 44.2 Å². The molecule has 3 N–H and O–H groups in total. The van der Waals surface area contributed by atoms with Crippen LogP contribution >= 0.6 is 0 Å². The van der Waals surface area contributed by atoms with E-state index >= 15 is 0 Å². The summed E-state index contributed by atoms with van der Waals surface area (Å²) in [6, 6.07) is 2.30. The number of hydrogen-bond acceptors (Lipinski definition) is 7. The predicted octanol–water partition coefficient (Wildman–Crippen LogP) is 2.93. The third-order valence-electron chi connectivity index (χ3n) is 5.23. The maximum atomic E-state index is 14.7. The van der Waals surface area contributed by atoms with Gasteiger partial charge in [0.25, 0.3) is 0 Å². The fourth-order valence-electron chi connectivity index (χ4n) is 3.69. The van der Waals surface area contributed by atoms with E-state index in [1.165, 1.54) is 6.07 Å². The zero-order chi connectivity index (χ0) is 22.4. The molecule has 0 spiro atoms. The Balaban J connectivity index is 2.20. The lowest BCUT2D eigenvalue weighted by molar-refractivity contribution is 0.0560. The Hall–Kier alpha value is -2.30. The second kappa shape index (κ2) is 7.44. The number of rotatable bonds is 2. The summed E-state index contributed by atoms with van der Waals surface area (Å²) in [4.78, 5) is 20.8. The van der Waals surface area contributed by atoms with E-state index in [-0.39, 0.29) is 23.1 Å². The molecule has 0 aromatic carbocycles. The molecule has 0 saturated carbocycles. The van der Waals surface area contributed by atoms with Gasteiger partial charge in [0, 0.05) is 6.54 Å². The molecule has 0 fully saturated rings. The second-order valence-electron chi connectivity index (χ2n) is 8.79. The monoisotopic (exact) mass is 443 g/mol. The molecular weight excluding hydrogens is 416 g/mol. The molecule has 2 aliphatic heterocycles. The highest BCUT2D eigenvalue weighted by molar-refractivity contribution is 7.95. The van der Waals surface area contributed by atoms with Crippen LogP contribution in [-0.2, 0) is 20.0 Å². The first-order valence-electron chi connectivity index (χ1n) is 9.63. The van der Waals surface area contributed by atoms with Gasteiger partial charge in [0.05, 0.1) is 15.5 Å². The molecular formula is C19H27F2N5O3S. The lowest BCUT2D eigenvalue weighted by atomic mass is 9.95. The Morgan fingerprint density at radius 3 is 2.73 bits per heavy atom. The number of ether oxygens (including phenoxy) is 1. The van der Waals surface area contributed by atoms with Gasteiger partial charge in [-0.25, -0.2) is 27.1 Å². The number of nitrogen functional groups attached to an aromatic ring is 1. The van der Waals surface area contributed by atoms with Crippen LogP contribution in [0.1, 0.15) is 46.2 Å². The number of aliphatic imine (C=N–C) groups is 1. The van der Waals surface area contributed by atoms with Gasteiger partial charge in [-0.1, -0.05) is 0 Å². The van der Waals surface area contributed by atoms with Crippen molar-refractivity contribution < 1.29 is 22.5 Å². The first kappa shape index (κ1) is 22.4. The highest BCUT2D eigenvalue weighted by atomic mass is 32.2. The van der Waals surface area contributed by atoms with Gasteiger partial charge in [0.2, 0.25) is 0 Å². The van der Waals surface area contributed by atoms with Crippen molar-refractivity contribution in [3.8, 4) is 0 Å². The third-order valence-corrected chi connectivity index (χ3v) is 8.50. The van der Waals surface area contributed by atoms with Crippen molar-refractivity contribution in [3.63, 3.8) is 0 Å². The molecule has 1 aromatic heterocycles. The molecule has 0 bridgehead atoms. The van der Waals surface area contributed by atoms with Crippen molar-refractivity contribution in [2.24, 2.45) is 9.36 Å². The molecule has 1 aromatic rings. The van der Waals surface area contributed by atoms with Gasteiger partial charge in [-0.15, -0.1) is 0 Å². The summed E-state index contributed by atoms with van der Waals surface area (Å²) in [5, 5.41) is 2.53. The summed E-state index contributed by atoms with van der Waals surface area (Å²) in [5.41, 5.74) is 2.60. The predicted molar refractivity (Wildman–Crippen MR) is 111 cm³/mol. The SMILES string of the molecule is CC(C)(C)OC(=O)NC1=N[C@](CF)(c2nc(N)ccc2F)C[S@@]2(=O)=NCCC[C@]12C. The lowest BCUT2D eigenvalue weighted by Gasteiger charge is -2.45. The number of aromatic nitrogens is 1. The Kier molecular flexibility index (Phi) is 5.55. The number of anilines is 1. The van der Waals surface area contributed by atoms with Crippen LogP contribution in [0.25, 0.3) is 0 Å². The number of nitrogens with zero attached hydrogens (tertiary/aromatic N) is 3. The molecule has 2 aliphatic rings. The summed E-state index contributed by atoms with van der Waals surface area (Å²) >= 11 is 0. The highest BCUT2D eigenvalue weighted by Gasteiger charge is 2.55. The van der Waals surface area contributed by atoms with Crippen LogP contribution in [0.5, 0.6) is 0 Å². The van der Waals surface area contributed by atoms with E-state index in [0.717, 1.165) is 6.07 Å². The maximum Gasteiger partial charge on any atom is 0.413 e. The van der Waals surface area contributed by atoms with Crippen LogP contribution in [0, 0.1) is 5.82 Å². The van der Waals surface area contributed by atoms with E-state index in [0.29, 0.717) is 19.4 Å². The average molecular weight is 444 g/mol. The molecule has 3 atom stereocenters. The van der Waals surface area contributed by atoms with Crippen molar-refractivity contribution in [1.29, 1.82) is 0 Å². The average Bonchev–Trinajstić information content (AvgIpc) is 2.63. The second-order valence-corrected chi connectivity index (χ2v) is 11.5. The minimum absolute atomic E-state index is 0.0278. The van der Waals surface area contributed by atoms with Crippen molar-refractivity contribution in [2.45, 2.75) is 56.4 Å². The zero-order valence-electron chi connectivity index (χ0n) is 17.5. The molecule has 0 radical (unpaired) electrons. The lowest BCUT2D eigenvalue weighted by Crippen LogP contribution is -2.61. The van der Waals surface area contributed by atoms with Crippen molar-refractivity contribution in [3.05, 3.63) is 23.6 Å². The number of fused-ring (bicyclic) bond motifs is 1. The Bertz CT molecular complexity index is 1020. The molecule has 3 heterocycles. The third kappa shape index (κ3) is 3.86. The summed E-state index contributed by atoms with van der Waals surface area (Å²) in [6.45, 7) is 5.86. The minimum atomic E-state index is -3.13. The Morgan fingerprint density at radius 2 is 2.10 bits per heavy atom. The number of amidine groups is 1. The zero-order valence-corrected chi connectivity index (χ0v) is 18.3. The van der Waals surface area contributed by atoms with Crippen molar-refractivity contribution in [2.75, 3.05) is 24.7 Å². The standard InChI is InChI=1S/C19H27F2N5O3S/c1-17(2,3)29-16(27)25-15-18(4)8-5-9-23-30(18,28)11-19(10-20,26-15)14-12(21)6-7-13(22)24-14/h6-7H,5,8-11H2,1-4H3,(H2,22,24)(H,25,26,27)/t18-,19+,30+/m1/s1. The van der Waals surface area contributed by atoms with Crippen molar-refractivity contribution in [1.82, 2.24) is 10.3 Å². The number of alkyl halides is 1. The number of hydrogen-bond donors (Lipinski definition) is 2. The molecule has 30 heavy (non-hydrogen) atoms. The number of nitrogens with one attached hydrogen (secondary N) is 1. The quantitative estimate of drug-likeness (QED) is 0.728. The van der Waals surface area contributed by atoms with Gasteiger partial charge in [-0.3, -0.25) is 10.3 Å². The minimum Gasteiger partial charge on any atom is -0.444 e. The Labute approximate surface area is 174 Å². The molecule has 0 aliphatic carbocycles. The van der Waals surface area contributed by atoms with Gasteiger partial charge in [0.1, 0.15) is 45.7 Å². The molecule has 0 saturated heterocycles. The number of halogens is 2. The number of carbonyl (C=O) groups is 1. The van der Waals surface area contributed by atoms with Crippen LogP contribution in [-0.4, -0.2) is 50.4 Å². The van der Waals surface area contributed by atoms with Crippen LogP contribution in [0.15, 0.2) is 21.5 Å². The summed E-state index contributed by atoms with van der Waals surface area (Å²) in [5.74, 6) is -1.26. The van der Waals surface area contributed by atoms with Gasteiger partial charge < -0.3 is 10.5 Å². The maximum absolute atomic E-state index is 14.7. The summed E-state index contributed by atoms with van der Waals surface area (Å²) in [6.07, 6.45) is 0.209. The number of pyridine rings is 1. The number of nitrogens with two attached hydrogens (primary N) is 1. The number of carbonyl (C=O) groups excluding carboxylic acids is 1. The molecule has 0 unspecified atom stereocenters. The van der Waals surface area contributed by atoms with E-state index in [1.807, 2.05) is 0 Å². The highest BCUT2D eigenvalue weighted by Crippen LogP contribution is 2.43. The van der Waals surface area contributed by atoms with E-state index in [2.05, 4.69) is 19.7 Å². The van der Waals surface area contributed by atoms with Crippen LogP contribution < -0.4 is 11.1 Å². The molecule has 166 valence electrons. The van der Waals surface area contributed by atoms with Gasteiger partial charge in [-0.05, 0) is 52.7 Å². The molecule has 1 amide bonds. The first-order valence-corrected chi connectivity index (χ1v) is 11.3. The smallest absolute Gasteiger partial charge is 0.413 e. The number of amides is 1. The normalized spacial score (nSPS) is 31.2. The largest absolute Gasteiger partial charge is 0.444 e. The Morgan fingerprint density at radius 1 is 1.40 bits per heavy atom. The molecule has 11 heteroatoms. The first-order chi connectivity index (χ1) is 13.8. The topological polar surface area (TPSA) is 119 Å². The van der Waals surface area contributed by atoms with Crippen molar-refractivity contribution >= 4 is 27.5 Å². The fourth-order valence-corrected chi connectivity index (χ4v) is 6.60. The van der Waals surface area contributed by atoms with Gasteiger partial charge >= 0.3 is 6.09 Å². The van der Waals surface area contributed by atoms with Crippen LogP contribution in [0.2, 0.25) is 0 Å². The molecule has 8 nitrogen and oxygen atoms in total. The van der Waals surface area contributed by atoms with Crippen LogP contribution in [0.3, 0.4) is 0 Å². The fraction of sp³-hybridized carbons (Fsp3) is 0.632. The van der Waals surface area contributed by atoms with E-state index in [1.54, 1.807) is 27.7 Å².